The predicted molar refractivity (Wildman–Crippen MR) is 72.7 cm³/mol. The minimum Gasteiger partial charge on any atom is -0.496 e. The number of benzene rings is 1. The highest BCUT2D eigenvalue weighted by atomic mass is 16.5. The highest BCUT2D eigenvalue weighted by Crippen LogP contribution is 2.33. The molecule has 0 fully saturated rings. The van der Waals surface area contributed by atoms with Crippen molar-refractivity contribution < 1.29 is 14.7 Å². The van der Waals surface area contributed by atoms with Crippen LogP contribution in [0.3, 0.4) is 0 Å². The monoisotopic (exact) mass is 261 g/mol. The SMILES string of the molecule is C=CCN(O)C(=O)c1ccc2c(c1OC)CCCC2. The van der Waals surface area contributed by atoms with Crippen LogP contribution in [0.2, 0.25) is 0 Å². The minimum absolute atomic E-state index is 0.0963. The van der Waals surface area contributed by atoms with Crippen LogP contribution in [-0.4, -0.2) is 29.8 Å². The van der Waals surface area contributed by atoms with Crippen LogP contribution in [0.25, 0.3) is 0 Å². The molecular formula is C15H19NO3. The quantitative estimate of drug-likeness (QED) is 0.515. The fraction of sp³-hybridized carbons (Fsp3) is 0.400. The number of fused-ring (bicyclic) bond motifs is 1. The van der Waals surface area contributed by atoms with Gasteiger partial charge in [-0.15, -0.1) is 6.58 Å². The fourth-order valence-corrected chi connectivity index (χ4v) is 2.54. The highest BCUT2D eigenvalue weighted by Gasteiger charge is 2.23. The number of methoxy groups -OCH3 is 1. The van der Waals surface area contributed by atoms with E-state index in [-0.39, 0.29) is 6.54 Å². The zero-order valence-electron chi connectivity index (χ0n) is 11.2. The maximum atomic E-state index is 12.1. The van der Waals surface area contributed by atoms with Crippen molar-refractivity contribution in [2.75, 3.05) is 13.7 Å². The molecule has 0 spiro atoms. The second-order valence-electron chi connectivity index (χ2n) is 4.67. The number of hydrogen-bond acceptors (Lipinski definition) is 3. The zero-order chi connectivity index (χ0) is 13.8. The Bertz CT molecular complexity index is 496. The Balaban J connectivity index is 2.40. The van der Waals surface area contributed by atoms with Crippen LogP contribution in [-0.2, 0) is 12.8 Å². The first-order valence-corrected chi connectivity index (χ1v) is 6.49. The Kier molecular flexibility index (Phi) is 4.22. The standard InChI is InChI=1S/C15H19NO3/c1-3-10-16(18)15(17)13-9-8-11-6-4-5-7-12(11)14(13)19-2/h3,8-9,18H,1,4-7,10H2,2H3. The van der Waals surface area contributed by atoms with Crippen LogP contribution in [0, 0.1) is 0 Å². The van der Waals surface area contributed by atoms with E-state index < -0.39 is 5.91 Å². The maximum Gasteiger partial charge on any atom is 0.281 e. The number of ether oxygens (including phenoxy) is 1. The van der Waals surface area contributed by atoms with E-state index in [1.54, 1.807) is 13.2 Å². The van der Waals surface area contributed by atoms with E-state index in [1.807, 2.05) is 6.07 Å². The van der Waals surface area contributed by atoms with Gasteiger partial charge in [0.2, 0.25) is 0 Å². The van der Waals surface area contributed by atoms with Crippen LogP contribution in [0.5, 0.6) is 5.75 Å². The number of amides is 1. The number of carbonyl (C=O) groups excluding carboxylic acids is 1. The van der Waals surface area contributed by atoms with Crippen molar-refractivity contribution >= 4 is 5.91 Å². The summed E-state index contributed by atoms with van der Waals surface area (Å²) in [6.45, 7) is 3.60. The lowest BCUT2D eigenvalue weighted by molar-refractivity contribution is -0.0495. The highest BCUT2D eigenvalue weighted by molar-refractivity contribution is 5.97. The van der Waals surface area contributed by atoms with Crippen molar-refractivity contribution in [2.24, 2.45) is 0 Å². The molecule has 0 aliphatic heterocycles. The Labute approximate surface area is 113 Å². The lowest BCUT2D eigenvalue weighted by atomic mass is 9.89. The van der Waals surface area contributed by atoms with Crippen LogP contribution in [0.4, 0.5) is 0 Å². The smallest absolute Gasteiger partial charge is 0.281 e. The molecule has 1 aromatic rings. The van der Waals surface area contributed by atoms with E-state index >= 15 is 0 Å². The van der Waals surface area contributed by atoms with Crippen LogP contribution >= 0.6 is 0 Å². The number of hydrogen-bond donors (Lipinski definition) is 1. The molecule has 0 saturated carbocycles. The molecular weight excluding hydrogens is 242 g/mol. The van der Waals surface area contributed by atoms with Gasteiger partial charge in [-0.05, 0) is 42.9 Å². The number of carbonyl (C=O) groups is 1. The van der Waals surface area contributed by atoms with Gasteiger partial charge in [0.15, 0.2) is 0 Å². The van der Waals surface area contributed by atoms with Crippen molar-refractivity contribution in [1.82, 2.24) is 5.06 Å². The van der Waals surface area contributed by atoms with E-state index in [0.717, 1.165) is 24.8 Å². The zero-order valence-corrected chi connectivity index (χ0v) is 11.2. The van der Waals surface area contributed by atoms with Crippen molar-refractivity contribution in [1.29, 1.82) is 0 Å². The number of rotatable bonds is 4. The molecule has 0 bridgehead atoms. The summed E-state index contributed by atoms with van der Waals surface area (Å²) >= 11 is 0. The predicted octanol–water partition coefficient (Wildman–Crippen LogP) is 2.59. The molecule has 0 unspecified atom stereocenters. The van der Waals surface area contributed by atoms with E-state index in [9.17, 15) is 10.0 Å². The van der Waals surface area contributed by atoms with E-state index in [4.69, 9.17) is 4.74 Å². The molecule has 1 aromatic carbocycles. The van der Waals surface area contributed by atoms with Gasteiger partial charge < -0.3 is 4.74 Å². The summed E-state index contributed by atoms with van der Waals surface area (Å²) in [5.41, 5.74) is 2.76. The summed E-state index contributed by atoms with van der Waals surface area (Å²) in [6, 6.07) is 3.70. The molecule has 1 amide bonds. The Morgan fingerprint density at radius 2 is 2.21 bits per heavy atom. The Morgan fingerprint density at radius 3 is 2.89 bits per heavy atom. The third kappa shape index (κ3) is 2.63. The molecule has 0 heterocycles. The summed E-state index contributed by atoms with van der Waals surface area (Å²) in [5, 5.41) is 10.3. The van der Waals surface area contributed by atoms with Gasteiger partial charge in [0, 0.05) is 0 Å². The largest absolute Gasteiger partial charge is 0.496 e. The summed E-state index contributed by atoms with van der Waals surface area (Å²) in [6.07, 6.45) is 5.70. The van der Waals surface area contributed by atoms with Gasteiger partial charge in [0.05, 0.1) is 19.2 Å². The van der Waals surface area contributed by atoms with Gasteiger partial charge in [0.25, 0.3) is 5.91 Å². The van der Waals surface area contributed by atoms with Crippen LogP contribution in [0.15, 0.2) is 24.8 Å². The lowest BCUT2D eigenvalue weighted by Crippen LogP contribution is -2.28. The molecule has 19 heavy (non-hydrogen) atoms. The molecule has 0 atom stereocenters. The number of hydroxylamine groups is 2. The first-order valence-electron chi connectivity index (χ1n) is 6.49. The summed E-state index contributed by atoms with van der Waals surface area (Å²) < 4.78 is 5.41. The van der Waals surface area contributed by atoms with Gasteiger partial charge in [0.1, 0.15) is 5.75 Å². The average molecular weight is 261 g/mol. The normalized spacial score (nSPS) is 13.6. The second kappa shape index (κ2) is 5.89. The van der Waals surface area contributed by atoms with Crippen molar-refractivity contribution in [3.8, 4) is 5.75 Å². The molecule has 2 rings (SSSR count). The Morgan fingerprint density at radius 1 is 1.47 bits per heavy atom. The molecule has 1 N–H and O–H groups in total. The summed E-state index contributed by atoms with van der Waals surface area (Å²) in [7, 11) is 1.57. The van der Waals surface area contributed by atoms with E-state index in [0.29, 0.717) is 16.4 Å². The van der Waals surface area contributed by atoms with Gasteiger partial charge in [-0.1, -0.05) is 12.1 Å². The third-order valence-electron chi connectivity index (χ3n) is 3.45. The summed E-state index contributed by atoms with van der Waals surface area (Å²) in [4.78, 5) is 12.1. The molecule has 4 heteroatoms. The van der Waals surface area contributed by atoms with Crippen LogP contribution < -0.4 is 4.74 Å². The minimum atomic E-state index is -0.454. The van der Waals surface area contributed by atoms with E-state index in [1.165, 1.54) is 18.1 Å². The first-order chi connectivity index (χ1) is 9.19. The molecule has 0 radical (unpaired) electrons. The second-order valence-corrected chi connectivity index (χ2v) is 4.67. The Hall–Kier alpha value is -1.81. The molecule has 4 nitrogen and oxygen atoms in total. The maximum absolute atomic E-state index is 12.1. The fourth-order valence-electron chi connectivity index (χ4n) is 2.54. The van der Waals surface area contributed by atoms with E-state index in [2.05, 4.69) is 6.58 Å². The number of nitrogens with zero attached hydrogens (tertiary/aromatic N) is 1. The molecule has 0 saturated heterocycles. The van der Waals surface area contributed by atoms with Gasteiger partial charge in [-0.3, -0.25) is 10.0 Å². The molecule has 102 valence electrons. The average Bonchev–Trinajstić information content (AvgIpc) is 2.45. The third-order valence-corrected chi connectivity index (χ3v) is 3.45. The van der Waals surface area contributed by atoms with Gasteiger partial charge in [-0.2, -0.15) is 0 Å². The van der Waals surface area contributed by atoms with Gasteiger partial charge >= 0.3 is 0 Å². The molecule has 1 aliphatic rings. The van der Waals surface area contributed by atoms with Crippen molar-refractivity contribution in [2.45, 2.75) is 25.7 Å². The van der Waals surface area contributed by atoms with Crippen LogP contribution in [0.1, 0.15) is 34.3 Å². The van der Waals surface area contributed by atoms with Crippen molar-refractivity contribution in [3.63, 3.8) is 0 Å². The van der Waals surface area contributed by atoms with Crippen molar-refractivity contribution in [3.05, 3.63) is 41.5 Å². The summed E-state index contributed by atoms with van der Waals surface area (Å²) in [5.74, 6) is 0.149. The topological polar surface area (TPSA) is 49.8 Å². The first kappa shape index (κ1) is 13.6. The molecule has 1 aliphatic carbocycles. The van der Waals surface area contributed by atoms with Gasteiger partial charge in [-0.25, -0.2) is 5.06 Å². The molecule has 0 aromatic heterocycles. The number of aryl methyl sites for hydroxylation is 1. The lowest BCUT2D eigenvalue weighted by Gasteiger charge is -2.22.